The first kappa shape index (κ1) is 17.7. The van der Waals surface area contributed by atoms with E-state index in [0.717, 1.165) is 32.5 Å². The molecule has 0 bridgehead atoms. The third kappa shape index (κ3) is 3.11. The zero-order valence-corrected chi connectivity index (χ0v) is 15.2. The molecular weight excluding hydrogens is 318 g/mol. The van der Waals surface area contributed by atoms with Gasteiger partial charge in [0.2, 0.25) is 5.91 Å². The smallest absolute Gasteiger partial charge is 0.254 e. The number of nitrogens with zero attached hydrogens (tertiary/aromatic N) is 1. The molecule has 3 rings (SSSR count). The molecule has 0 spiro atoms. The lowest BCUT2D eigenvalue weighted by Crippen LogP contribution is -2.69. The molecule has 1 aromatic carbocycles. The Hall–Kier alpha value is -2.08. The SMILES string of the molecule is CCC1(CC)C(=O)NC1Oc1ccc(C(=O)N2CCNCC2C)cc1. The molecule has 0 saturated carbocycles. The highest BCUT2D eigenvalue weighted by molar-refractivity contribution is 5.94. The van der Waals surface area contributed by atoms with E-state index in [1.54, 1.807) is 24.3 Å². The Bertz CT molecular complexity index is 640. The quantitative estimate of drug-likeness (QED) is 0.798. The maximum Gasteiger partial charge on any atom is 0.254 e. The van der Waals surface area contributed by atoms with Gasteiger partial charge in [0.05, 0.1) is 0 Å². The van der Waals surface area contributed by atoms with Gasteiger partial charge >= 0.3 is 0 Å². The normalized spacial score (nSPS) is 25.1. The van der Waals surface area contributed by atoms with Crippen molar-refractivity contribution in [3.8, 4) is 5.75 Å². The molecule has 1 aromatic rings. The van der Waals surface area contributed by atoms with Crippen molar-refractivity contribution < 1.29 is 14.3 Å². The summed E-state index contributed by atoms with van der Waals surface area (Å²) in [6.45, 7) is 8.45. The monoisotopic (exact) mass is 345 g/mol. The van der Waals surface area contributed by atoms with Crippen LogP contribution in [0, 0.1) is 5.41 Å². The summed E-state index contributed by atoms with van der Waals surface area (Å²) in [5.74, 6) is 0.775. The zero-order chi connectivity index (χ0) is 18.0. The fourth-order valence-corrected chi connectivity index (χ4v) is 3.65. The van der Waals surface area contributed by atoms with Crippen molar-refractivity contribution in [1.82, 2.24) is 15.5 Å². The molecule has 2 heterocycles. The molecule has 0 aromatic heterocycles. The number of benzene rings is 1. The number of rotatable bonds is 5. The van der Waals surface area contributed by atoms with Gasteiger partial charge in [-0.25, -0.2) is 0 Å². The van der Waals surface area contributed by atoms with Crippen LogP contribution in [0.25, 0.3) is 0 Å². The molecule has 6 heteroatoms. The number of ether oxygens (including phenoxy) is 1. The number of hydrogen-bond donors (Lipinski definition) is 2. The van der Waals surface area contributed by atoms with E-state index >= 15 is 0 Å². The summed E-state index contributed by atoms with van der Waals surface area (Å²) < 4.78 is 5.95. The fraction of sp³-hybridized carbons (Fsp3) is 0.579. The average molecular weight is 345 g/mol. The first-order chi connectivity index (χ1) is 12.0. The first-order valence-corrected chi connectivity index (χ1v) is 9.11. The van der Waals surface area contributed by atoms with Crippen molar-refractivity contribution in [3.63, 3.8) is 0 Å². The Labute approximate surface area is 148 Å². The van der Waals surface area contributed by atoms with Gasteiger partial charge in [-0.3, -0.25) is 9.59 Å². The molecule has 2 saturated heterocycles. The maximum atomic E-state index is 12.7. The van der Waals surface area contributed by atoms with Crippen LogP contribution in [0.4, 0.5) is 0 Å². The third-order valence-electron chi connectivity index (χ3n) is 5.60. The number of β-lactam (4-membered cyclic amide) rings is 1. The predicted octanol–water partition coefficient (Wildman–Crippen LogP) is 1.76. The topological polar surface area (TPSA) is 70.7 Å². The summed E-state index contributed by atoms with van der Waals surface area (Å²) in [6.07, 6.45) is 1.19. The Morgan fingerprint density at radius 2 is 1.96 bits per heavy atom. The van der Waals surface area contributed by atoms with Gasteiger partial charge < -0.3 is 20.3 Å². The Balaban J connectivity index is 1.66. The second kappa shape index (κ2) is 7.04. The van der Waals surface area contributed by atoms with Crippen molar-refractivity contribution in [1.29, 1.82) is 0 Å². The van der Waals surface area contributed by atoms with Gasteiger partial charge in [0, 0.05) is 31.2 Å². The summed E-state index contributed by atoms with van der Waals surface area (Å²) in [7, 11) is 0. The van der Waals surface area contributed by atoms with Gasteiger partial charge in [0.25, 0.3) is 5.91 Å². The van der Waals surface area contributed by atoms with E-state index in [9.17, 15) is 9.59 Å². The summed E-state index contributed by atoms with van der Waals surface area (Å²) >= 11 is 0. The number of hydrogen-bond acceptors (Lipinski definition) is 4. The molecule has 25 heavy (non-hydrogen) atoms. The van der Waals surface area contributed by atoms with Crippen LogP contribution < -0.4 is 15.4 Å². The lowest BCUT2D eigenvalue weighted by Gasteiger charge is -2.47. The Morgan fingerprint density at radius 3 is 2.52 bits per heavy atom. The van der Waals surface area contributed by atoms with E-state index < -0.39 is 5.41 Å². The molecule has 6 nitrogen and oxygen atoms in total. The van der Waals surface area contributed by atoms with Gasteiger partial charge in [-0.15, -0.1) is 0 Å². The minimum Gasteiger partial charge on any atom is -0.470 e. The molecule has 2 fully saturated rings. The molecular formula is C19H27N3O3. The lowest BCUT2D eigenvalue weighted by molar-refractivity contribution is -0.161. The zero-order valence-electron chi connectivity index (χ0n) is 15.2. The Morgan fingerprint density at radius 1 is 1.28 bits per heavy atom. The number of amides is 2. The van der Waals surface area contributed by atoms with Crippen LogP contribution in [-0.4, -0.2) is 48.6 Å². The van der Waals surface area contributed by atoms with Crippen LogP contribution in [0.1, 0.15) is 44.0 Å². The van der Waals surface area contributed by atoms with Crippen LogP contribution in [0.2, 0.25) is 0 Å². The van der Waals surface area contributed by atoms with Crippen molar-refractivity contribution in [2.45, 2.75) is 45.9 Å². The lowest BCUT2D eigenvalue weighted by atomic mass is 9.73. The van der Waals surface area contributed by atoms with Gasteiger partial charge in [-0.2, -0.15) is 0 Å². The van der Waals surface area contributed by atoms with Crippen molar-refractivity contribution in [2.24, 2.45) is 5.41 Å². The average Bonchev–Trinajstić information content (AvgIpc) is 2.63. The van der Waals surface area contributed by atoms with E-state index in [1.165, 1.54) is 0 Å². The summed E-state index contributed by atoms with van der Waals surface area (Å²) in [6, 6.07) is 7.40. The second-order valence-corrected chi connectivity index (χ2v) is 6.91. The van der Waals surface area contributed by atoms with Crippen LogP contribution >= 0.6 is 0 Å². The minimum atomic E-state index is -0.440. The number of piperazine rings is 1. The molecule has 2 aliphatic rings. The highest BCUT2D eigenvalue weighted by atomic mass is 16.5. The van der Waals surface area contributed by atoms with Gasteiger partial charge in [-0.05, 0) is 44.0 Å². The van der Waals surface area contributed by atoms with E-state index in [4.69, 9.17) is 4.74 Å². The molecule has 0 radical (unpaired) electrons. The van der Waals surface area contributed by atoms with Crippen LogP contribution in [0.5, 0.6) is 5.75 Å². The minimum absolute atomic E-state index is 0.0500. The second-order valence-electron chi connectivity index (χ2n) is 6.91. The van der Waals surface area contributed by atoms with E-state index in [0.29, 0.717) is 11.3 Å². The number of carbonyl (C=O) groups is 2. The van der Waals surface area contributed by atoms with Crippen molar-refractivity contribution in [2.75, 3.05) is 19.6 Å². The molecule has 2 amide bonds. The molecule has 0 aliphatic carbocycles. The van der Waals surface area contributed by atoms with E-state index in [1.807, 2.05) is 18.7 Å². The van der Waals surface area contributed by atoms with Gasteiger partial charge in [0.1, 0.15) is 11.2 Å². The number of carbonyl (C=O) groups excluding carboxylic acids is 2. The summed E-state index contributed by atoms with van der Waals surface area (Å²) in [4.78, 5) is 26.5. The fourth-order valence-electron chi connectivity index (χ4n) is 3.65. The first-order valence-electron chi connectivity index (χ1n) is 9.11. The van der Waals surface area contributed by atoms with E-state index in [-0.39, 0.29) is 24.1 Å². The highest BCUT2D eigenvalue weighted by Crippen LogP contribution is 2.39. The summed E-state index contributed by atoms with van der Waals surface area (Å²) in [5, 5.41) is 6.12. The maximum absolute atomic E-state index is 12.7. The highest BCUT2D eigenvalue weighted by Gasteiger charge is 2.54. The van der Waals surface area contributed by atoms with Crippen molar-refractivity contribution in [3.05, 3.63) is 29.8 Å². The number of nitrogens with one attached hydrogen (secondary N) is 2. The molecule has 136 valence electrons. The van der Waals surface area contributed by atoms with Gasteiger partial charge in [0.15, 0.2) is 6.23 Å². The standard InChI is InChI=1S/C19H27N3O3/c1-4-19(5-2)17(24)21-18(19)25-15-8-6-14(7-9-15)16(23)22-11-10-20-12-13(22)3/h6-9,13,18,20H,4-5,10-12H2,1-3H3,(H,21,24). The van der Waals surface area contributed by atoms with Crippen LogP contribution in [0.15, 0.2) is 24.3 Å². The van der Waals surface area contributed by atoms with E-state index in [2.05, 4.69) is 17.6 Å². The summed E-state index contributed by atoms with van der Waals surface area (Å²) in [5.41, 5.74) is 0.223. The molecule has 2 atom stereocenters. The van der Waals surface area contributed by atoms with Gasteiger partial charge in [-0.1, -0.05) is 13.8 Å². The Kier molecular flexibility index (Phi) is 4.99. The molecule has 2 aliphatic heterocycles. The largest absolute Gasteiger partial charge is 0.470 e. The third-order valence-corrected chi connectivity index (χ3v) is 5.60. The van der Waals surface area contributed by atoms with Crippen LogP contribution in [0.3, 0.4) is 0 Å². The predicted molar refractivity (Wildman–Crippen MR) is 95.4 cm³/mol. The molecule has 2 N–H and O–H groups in total. The van der Waals surface area contributed by atoms with Crippen LogP contribution in [-0.2, 0) is 4.79 Å². The molecule has 2 unspecified atom stereocenters. The van der Waals surface area contributed by atoms with Crippen molar-refractivity contribution >= 4 is 11.8 Å².